The number of ether oxygens (including phenoxy) is 2. The summed E-state index contributed by atoms with van der Waals surface area (Å²) < 4.78 is 9.31. The number of carbonyl (C=O) groups is 2. The Kier molecular flexibility index (Phi) is 1.32. The van der Waals surface area contributed by atoms with Gasteiger partial charge in [0.05, 0.1) is 0 Å². The maximum absolute atomic E-state index is 10.6. The third-order valence-electron chi connectivity index (χ3n) is 1.86. The monoisotopic (exact) mass is 176 g/mol. The van der Waals surface area contributed by atoms with Crippen LogP contribution in [0.25, 0.3) is 0 Å². The molecule has 2 saturated heterocycles. The molecule has 3 fully saturated rings. The Bertz CT molecular complexity index is 205. The molecule has 11 heavy (non-hydrogen) atoms. The van der Waals surface area contributed by atoms with E-state index < -0.39 is 11.9 Å². The van der Waals surface area contributed by atoms with E-state index in [1.54, 1.807) is 0 Å². The standard InChI is InChI=1S/C6H5ClO4/c7-4-2-1-3(4)11-6(9)5(8)10-2/h2-4H,1H2. The van der Waals surface area contributed by atoms with Gasteiger partial charge >= 0.3 is 11.9 Å². The fraction of sp³-hybridized carbons (Fsp3) is 0.667. The summed E-state index contributed by atoms with van der Waals surface area (Å²) in [5.74, 6) is -1.86. The average Bonchev–Trinajstić information content (AvgIpc) is 2.18. The van der Waals surface area contributed by atoms with Gasteiger partial charge in [-0.2, -0.15) is 0 Å². The lowest BCUT2D eigenvalue weighted by atomic mass is 9.91. The van der Waals surface area contributed by atoms with Crippen molar-refractivity contribution in [1.82, 2.24) is 0 Å². The van der Waals surface area contributed by atoms with Gasteiger partial charge < -0.3 is 9.47 Å². The first-order valence-electron chi connectivity index (χ1n) is 3.24. The Labute approximate surface area is 67.4 Å². The van der Waals surface area contributed by atoms with Crippen LogP contribution in [-0.4, -0.2) is 29.5 Å². The van der Waals surface area contributed by atoms with Crippen LogP contribution in [0.3, 0.4) is 0 Å². The first kappa shape index (κ1) is 6.91. The van der Waals surface area contributed by atoms with Gasteiger partial charge in [0.2, 0.25) is 0 Å². The van der Waals surface area contributed by atoms with Crippen molar-refractivity contribution in [3.8, 4) is 0 Å². The van der Waals surface area contributed by atoms with Gasteiger partial charge in [-0.25, -0.2) is 9.59 Å². The quantitative estimate of drug-likeness (QED) is 0.292. The predicted octanol–water partition coefficient (Wildman–Crippen LogP) is -0.165. The van der Waals surface area contributed by atoms with Gasteiger partial charge in [0.1, 0.15) is 17.6 Å². The summed E-state index contributed by atoms with van der Waals surface area (Å²) in [4.78, 5) is 21.3. The molecule has 0 aromatic heterocycles. The number of fused-ring (bicyclic) bond motifs is 3. The van der Waals surface area contributed by atoms with Crippen LogP contribution in [-0.2, 0) is 19.1 Å². The Hall–Kier alpha value is -0.770. The molecule has 3 aliphatic rings. The second-order valence-corrected chi connectivity index (χ2v) is 3.07. The molecule has 4 nitrogen and oxygen atoms in total. The molecule has 1 saturated carbocycles. The molecule has 0 spiro atoms. The zero-order valence-electron chi connectivity index (χ0n) is 5.45. The Morgan fingerprint density at radius 1 is 1.18 bits per heavy atom. The van der Waals surface area contributed by atoms with Crippen LogP contribution in [0.4, 0.5) is 0 Å². The third-order valence-corrected chi connectivity index (χ3v) is 2.42. The molecular formula is C6H5ClO4. The van der Waals surface area contributed by atoms with Crippen molar-refractivity contribution in [3.05, 3.63) is 0 Å². The molecule has 2 heterocycles. The van der Waals surface area contributed by atoms with Crippen molar-refractivity contribution >= 4 is 23.5 Å². The lowest BCUT2D eigenvalue weighted by Crippen LogP contribution is -2.47. The summed E-state index contributed by atoms with van der Waals surface area (Å²) in [7, 11) is 0. The van der Waals surface area contributed by atoms with E-state index in [-0.39, 0.29) is 17.6 Å². The Balaban J connectivity index is 2.18. The summed E-state index contributed by atoms with van der Waals surface area (Å²) >= 11 is 5.70. The fourth-order valence-corrected chi connectivity index (χ4v) is 1.44. The lowest BCUT2D eigenvalue weighted by Gasteiger charge is -2.34. The van der Waals surface area contributed by atoms with E-state index in [1.165, 1.54) is 0 Å². The molecule has 3 rings (SSSR count). The van der Waals surface area contributed by atoms with Crippen LogP contribution in [0.5, 0.6) is 0 Å². The normalized spacial score (nSPS) is 41.7. The number of alkyl halides is 1. The summed E-state index contributed by atoms with van der Waals surface area (Å²) in [5, 5.41) is -0.356. The molecule has 2 bridgehead atoms. The molecule has 0 amide bonds. The van der Waals surface area contributed by atoms with Crippen LogP contribution in [0.1, 0.15) is 6.42 Å². The van der Waals surface area contributed by atoms with E-state index in [4.69, 9.17) is 11.6 Å². The number of carbonyl (C=O) groups excluding carboxylic acids is 2. The van der Waals surface area contributed by atoms with Gasteiger partial charge in [-0.1, -0.05) is 0 Å². The molecule has 0 aromatic carbocycles. The maximum atomic E-state index is 10.6. The minimum Gasteiger partial charge on any atom is -0.452 e. The highest BCUT2D eigenvalue weighted by Crippen LogP contribution is 2.34. The Morgan fingerprint density at radius 3 is 2.00 bits per heavy atom. The first-order valence-corrected chi connectivity index (χ1v) is 3.68. The maximum Gasteiger partial charge on any atom is 0.417 e. The third kappa shape index (κ3) is 0.894. The number of hydrogen-bond acceptors (Lipinski definition) is 4. The summed E-state index contributed by atoms with van der Waals surface area (Å²) in [5.41, 5.74) is 0. The predicted molar refractivity (Wildman–Crippen MR) is 34.0 cm³/mol. The fourth-order valence-electron chi connectivity index (χ4n) is 1.13. The van der Waals surface area contributed by atoms with Crippen molar-refractivity contribution in [2.45, 2.75) is 24.0 Å². The zero-order valence-corrected chi connectivity index (χ0v) is 6.21. The van der Waals surface area contributed by atoms with Gasteiger partial charge in [0.25, 0.3) is 0 Å². The van der Waals surface area contributed by atoms with Gasteiger partial charge in [0.15, 0.2) is 0 Å². The van der Waals surface area contributed by atoms with E-state index in [0.29, 0.717) is 6.42 Å². The van der Waals surface area contributed by atoms with Crippen LogP contribution in [0.2, 0.25) is 0 Å². The van der Waals surface area contributed by atoms with E-state index in [9.17, 15) is 9.59 Å². The minimum atomic E-state index is -0.930. The van der Waals surface area contributed by atoms with Crippen LogP contribution in [0, 0.1) is 0 Å². The van der Waals surface area contributed by atoms with Crippen molar-refractivity contribution in [2.24, 2.45) is 0 Å². The highest BCUT2D eigenvalue weighted by Gasteiger charge is 2.49. The SMILES string of the molecule is O=C1OC2CC(OC1=O)C2Cl. The van der Waals surface area contributed by atoms with Gasteiger partial charge in [-0.3, -0.25) is 0 Å². The summed E-state index contributed by atoms with van der Waals surface area (Å²) in [6.45, 7) is 0. The highest BCUT2D eigenvalue weighted by atomic mass is 35.5. The van der Waals surface area contributed by atoms with Gasteiger partial charge in [0, 0.05) is 6.42 Å². The van der Waals surface area contributed by atoms with E-state index in [1.807, 2.05) is 0 Å². The topological polar surface area (TPSA) is 52.6 Å². The summed E-state index contributed by atoms with van der Waals surface area (Å²) in [6.07, 6.45) is -0.132. The van der Waals surface area contributed by atoms with Gasteiger partial charge in [-0.15, -0.1) is 11.6 Å². The van der Waals surface area contributed by atoms with Gasteiger partial charge in [-0.05, 0) is 0 Å². The average molecular weight is 177 g/mol. The van der Waals surface area contributed by atoms with E-state index in [0.717, 1.165) is 0 Å². The van der Waals surface area contributed by atoms with Crippen molar-refractivity contribution in [2.75, 3.05) is 0 Å². The largest absolute Gasteiger partial charge is 0.452 e. The van der Waals surface area contributed by atoms with Crippen molar-refractivity contribution in [3.63, 3.8) is 0 Å². The number of halogens is 1. The molecule has 0 N–H and O–H groups in total. The molecular weight excluding hydrogens is 172 g/mol. The number of esters is 2. The van der Waals surface area contributed by atoms with Crippen LogP contribution >= 0.6 is 11.6 Å². The molecule has 2 aliphatic heterocycles. The Morgan fingerprint density at radius 2 is 1.64 bits per heavy atom. The lowest BCUT2D eigenvalue weighted by molar-refractivity contribution is -0.164. The van der Waals surface area contributed by atoms with Crippen molar-refractivity contribution < 1.29 is 19.1 Å². The first-order chi connectivity index (χ1) is 5.18. The summed E-state index contributed by atoms with van der Waals surface area (Å²) in [6, 6.07) is 0. The molecule has 2 unspecified atom stereocenters. The van der Waals surface area contributed by atoms with Crippen LogP contribution in [0.15, 0.2) is 0 Å². The van der Waals surface area contributed by atoms with Crippen LogP contribution < -0.4 is 0 Å². The highest BCUT2D eigenvalue weighted by molar-refractivity contribution is 6.31. The smallest absolute Gasteiger partial charge is 0.417 e. The molecule has 0 aromatic rings. The minimum absolute atomic E-state index is 0.333. The second-order valence-electron chi connectivity index (χ2n) is 2.57. The molecule has 0 radical (unpaired) electrons. The molecule has 60 valence electrons. The second kappa shape index (κ2) is 2.11. The molecule has 2 atom stereocenters. The van der Waals surface area contributed by atoms with E-state index >= 15 is 0 Å². The number of rotatable bonds is 0. The number of hydrogen-bond donors (Lipinski definition) is 0. The molecule has 5 heteroatoms. The zero-order chi connectivity index (χ0) is 8.01. The molecule has 1 aliphatic carbocycles. The van der Waals surface area contributed by atoms with E-state index in [2.05, 4.69) is 9.47 Å². The van der Waals surface area contributed by atoms with Crippen molar-refractivity contribution in [1.29, 1.82) is 0 Å².